The van der Waals surface area contributed by atoms with Crippen LogP contribution in [-0.2, 0) is 4.79 Å². The summed E-state index contributed by atoms with van der Waals surface area (Å²) in [6, 6.07) is 9.19. The van der Waals surface area contributed by atoms with E-state index in [0.29, 0.717) is 32.6 Å². The van der Waals surface area contributed by atoms with E-state index in [4.69, 9.17) is 34.8 Å². The van der Waals surface area contributed by atoms with Crippen molar-refractivity contribution in [2.24, 2.45) is 5.10 Å². The number of hydrogen-bond donors (Lipinski definition) is 1. The molecule has 2 aromatic rings. The molecule has 0 fully saturated rings. The van der Waals surface area contributed by atoms with Crippen molar-refractivity contribution in [3.8, 4) is 0 Å². The Labute approximate surface area is 164 Å². The molecular weight excluding hydrogens is 399 g/mol. The number of anilines is 1. The van der Waals surface area contributed by atoms with Crippen LogP contribution in [0.3, 0.4) is 0 Å². The van der Waals surface area contributed by atoms with E-state index in [1.54, 1.807) is 31.2 Å². The summed E-state index contributed by atoms with van der Waals surface area (Å²) in [6.07, 6.45) is 1.62. The minimum atomic E-state index is -1.19. The highest BCUT2D eigenvalue weighted by Gasteiger charge is 2.29. The summed E-state index contributed by atoms with van der Waals surface area (Å²) in [5, 5.41) is 15.5. The summed E-state index contributed by atoms with van der Waals surface area (Å²) in [4.78, 5) is 24.0. The molecule has 3 rings (SSSR count). The van der Waals surface area contributed by atoms with Crippen LogP contribution in [0.4, 0.5) is 5.69 Å². The van der Waals surface area contributed by atoms with Crippen molar-refractivity contribution >= 4 is 64.2 Å². The normalized spacial score (nSPS) is 15.5. The summed E-state index contributed by atoms with van der Waals surface area (Å²) in [5.74, 6) is -1.58. The van der Waals surface area contributed by atoms with E-state index in [2.05, 4.69) is 5.10 Å². The Hall–Kier alpha value is -2.34. The number of nitrogens with zero attached hydrogens (tertiary/aromatic N) is 2. The van der Waals surface area contributed by atoms with Gasteiger partial charge in [0.15, 0.2) is 0 Å². The lowest BCUT2D eigenvalue weighted by atomic mass is 10.1. The van der Waals surface area contributed by atoms with Crippen molar-refractivity contribution in [2.75, 3.05) is 5.01 Å². The predicted molar refractivity (Wildman–Crippen MR) is 103 cm³/mol. The van der Waals surface area contributed by atoms with Crippen LogP contribution in [0.15, 0.2) is 47.1 Å². The number of hydrazone groups is 1. The molecule has 2 aromatic carbocycles. The van der Waals surface area contributed by atoms with Gasteiger partial charge in [0.1, 0.15) is 0 Å². The number of carbonyl (C=O) groups excluding carboxylic acids is 1. The molecule has 1 aliphatic rings. The topological polar surface area (TPSA) is 70.0 Å². The van der Waals surface area contributed by atoms with E-state index in [9.17, 15) is 14.7 Å². The van der Waals surface area contributed by atoms with Crippen LogP contribution in [0, 0.1) is 0 Å². The van der Waals surface area contributed by atoms with Gasteiger partial charge in [0, 0.05) is 10.0 Å². The number of aromatic carboxylic acids is 1. The van der Waals surface area contributed by atoms with Crippen molar-refractivity contribution in [3.05, 3.63) is 68.2 Å². The summed E-state index contributed by atoms with van der Waals surface area (Å²) >= 11 is 17.9. The third kappa shape index (κ3) is 3.46. The average Bonchev–Trinajstić information content (AvgIpc) is 2.85. The monoisotopic (exact) mass is 408 g/mol. The lowest BCUT2D eigenvalue weighted by Gasteiger charge is -2.13. The fourth-order valence-corrected chi connectivity index (χ4v) is 3.10. The van der Waals surface area contributed by atoms with Gasteiger partial charge in [0.2, 0.25) is 0 Å². The smallest absolute Gasteiger partial charge is 0.337 e. The fraction of sp³-hybridized carbons (Fsp3) is 0.0556. The van der Waals surface area contributed by atoms with Gasteiger partial charge >= 0.3 is 5.97 Å². The zero-order chi connectivity index (χ0) is 19.0. The molecule has 8 heteroatoms. The number of benzene rings is 2. The third-order valence-corrected chi connectivity index (χ3v) is 4.64. The minimum Gasteiger partial charge on any atom is -0.478 e. The Balaban J connectivity index is 1.99. The summed E-state index contributed by atoms with van der Waals surface area (Å²) in [6.45, 7) is 1.68. The molecule has 1 aliphatic heterocycles. The zero-order valence-corrected chi connectivity index (χ0v) is 15.6. The first-order valence-electron chi connectivity index (χ1n) is 7.37. The van der Waals surface area contributed by atoms with Crippen LogP contribution in [0.25, 0.3) is 6.08 Å². The van der Waals surface area contributed by atoms with E-state index < -0.39 is 11.9 Å². The van der Waals surface area contributed by atoms with Crippen LogP contribution in [0.2, 0.25) is 15.1 Å². The predicted octanol–water partition coefficient (Wildman–Crippen LogP) is 5.15. The van der Waals surface area contributed by atoms with E-state index in [-0.39, 0.29) is 10.6 Å². The van der Waals surface area contributed by atoms with Gasteiger partial charge in [0.25, 0.3) is 5.91 Å². The first-order chi connectivity index (χ1) is 12.3. The Morgan fingerprint density at radius 3 is 2.50 bits per heavy atom. The molecule has 0 aliphatic carbocycles. The number of carboxylic acid groups (broad SMARTS) is 1. The highest BCUT2D eigenvalue weighted by Crippen LogP contribution is 2.30. The maximum Gasteiger partial charge on any atom is 0.337 e. The molecule has 0 radical (unpaired) electrons. The number of carboxylic acids is 1. The lowest BCUT2D eigenvalue weighted by molar-refractivity contribution is -0.114. The molecule has 1 N–H and O–H groups in total. The molecule has 132 valence electrons. The van der Waals surface area contributed by atoms with Crippen LogP contribution in [0.5, 0.6) is 0 Å². The van der Waals surface area contributed by atoms with Gasteiger partial charge in [-0.15, -0.1) is 0 Å². The Morgan fingerprint density at radius 2 is 1.85 bits per heavy atom. The Bertz CT molecular complexity index is 999. The maximum atomic E-state index is 12.8. The van der Waals surface area contributed by atoms with Crippen molar-refractivity contribution < 1.29 is 14.7 Å². The molecule has 0 bridgehead atoms. The van der Waals surface area contributed by atoms with Gasteiger partial charge < -0.3 is 5.11 Å². The van der Waals surface area contributed by atoms with E-state index in [0.717, 1.165) is 5.01 Å². The van der Waals surface area contributed by atoms with Crippen LogP contribution in [-0.4, -0.2) is 22.7 Å². The van der Waals surface area contributed by atoms with Crippen molar-refractivity contribution in [3.63, 3.8) is 0 Å². The Morgan fingerprint density at radius 1 is 1.12 bits per heavy atom. The van der Waals surface area contributed by atoms with Crippen LogP contribution >= 0.6 is 34.8 Å². The number of rotatable bonds is 3. The lowest BCUT2D eigenvalue weighted by Crippen LogP contribution is -2.21. The number of amides is 1. The van der Waals surface area contributed by atoms with E-state index in [1.165, 1.54) is 18.2 Å². The molecule has 0 unspecified atom stereocenters. The van der Waals surface area contributed by atoms with Gasteiger partial charge in [-0.1, -0.05) is 40.9 Å². The minimum absolute atomic E-state index is 0.0808. The first-order valence-corrected chi connectivity index (χ1v) is 8.51. The van der Waals surface area contributed by atoms with Crippen molar-refractivity contribution in [1.82, 2.24) is 0 Å². The van der Waals surface area contributed by atoms with Crippen molar-refractivity contribution in [1.29, 1.82) is 0 Å². The number of carbonyl (C=O) groups is 2. The second-order valence-electron chi connectivity index (χ2n) is 5.50. The second-order valence-corrected chi connectivity index (χ2v) is 6.75. The highest BCUT2D eigenvalue weighted by molar-refractivity contribution is 6.37. The summed E-state index contributed by atoms with van der Waals surface area (Å²) < 4.78 is 0. The zero-order valence-electron chi connectivity index (χ0n) is 13.3. The average molecular weight is 410 g/mol. The third-order valence-electron chi connectivity index (χ3n) is 3.75. The highest BCUT2D eigenvalue weighted by atomic mass is 35.5. The molecule has 1 heterocycles. The second kappa shape index (κ2) is 7.11. The number of hydrogen-bond acceptors (Lipinski definition) is 3. The molecular formula is C18H11Cl3N2O3. The largest absolute Gasteiger partial charge is 0.478 e. The molecule has 0 saturated heterocycles. The van der Waals surface area contributed by atoms with Gasteiger partial charge in [-0.25, -0.2) is 4.79 Å². The van der Waals surface area contributed by atoms with Gasteiger partial charge in [-0.2, -0.15) is 10.1 Å². The van der Waals surface area contributed by atoms with Crippen LogP contribution < -0.4 is 5.01 Å². The molecule has 0 aromatic heterocycles. The van der Waals surface area contributed by atoms with Crippen LogP contribution in [0.1, 0.15) is 22.8 Å². The first kappa shape index (κ1) is 18.5. The Kier molecular flexibility index (Phi) is 5.05. The SMILES string of the molecule is CC1=NN(c2ccc(Cl)c(C(=O)O)c2)C(=O)/C1=C/c1ccc(Cl)cc1Cl. The molecule has 1 amide bonds. The molecule has 26 heavy (non-hydrogen) atoms. The number of halogens is 3. The summed E-state index contributed by atoms with van der Waals surface area (Å²) in [5.41, 5.74) is 1.65. The summed E-state index contributed by atoms with van der Waals surface area (Å²) in [7, 11) is 0. The molecule has 0 spiro atoms. The molecule has 5 nitrogen and oxygen atoms in total. The van der Waals surface area contributed by atoms with Gasteiger partial charge in [0.05, 0.1) is 27.6 Å². The van der Waals surface area contributed by atoms with Crippen molar-refractivity contribution in [2.45, 2.75) is 6.92 Å². The van der Waals surface area contributed by atoms with Gasteiger partial charge in [-0.3, -0.25) is 4.79 Å². The van der Waals surface area contributed by atoms with Gasteiger partial charge in [-0.05, 0) is 48.9 Å². The van der Waals surface area contributed by atoms with E-state index in [1.807, 2.05) is 0 Å². The van der Waals surface area contributed by atoms with E-state index >= 15 is 0 Å². The maximum absolute atomic E-state index is 12.8. The molecule has 0 saturated carbocycles. The quantitative estimate of drug-likeness (QED) is 0.713. The molecule has 0 atom stereocenters. The fourth-order valence-electron chi connectivity index (χ4n) is 2.44. The standard InChI is InChI=1S/C18H11Cl3N2O3/c1-9-13(6-10-2-3-11(19)7-16(10)21)17(24)23(22-9)12-4-5-15(20)14(8-12)18(25)26/h2-8H,1H3,(H,25,26)/b13-6+.